The minimum Gasteiger partial charge on any atom is -0.395 e. The molecule has 16 heavy (non-hydrogen) atoms. The van der Waals surface area contributed by atoms with Gasteiger partial charge in [-0.25, -0.2) is 4.98 Å². The molecule has 0 radical (unpaired) electrons. The molecule has 0 amide bonds. The lowest BCUT2D eigenvalue weighted by atomic mass is 10.1. The lowest BCUT2D eigenvalue weighted by Crippen LogP contribution is -2.37. The molecule has 0 aliphatic carbocycles. The smallest absolute Gasteiger partial charge is 0.319 e. The fraction of sp³-hybridized carbons (Fsp3) is 0.700. The van der Waals surface area contributed by atoms with Gasteiger partial charge in [-0.2, -0.15) is 8.78 Å². The van der Waals surface area contributed by atoms with Crippen molar-refractivity contribution >= 4 is 0 Å². The maximum absolute atomic E-state index is 12.5. The van der Waals surface area contributed by atoms with Crippen molar-refractivity contribution in [2.45, 2.75) is 33.0 Å². The third-order valence-corrected chi connectivity index (χ3v) is 2.48. The zero-order chi connectivity index (χ0) is 12.1. The van der Waals surface area contributed by atoms with Crippen LogP contribution in [0, 0.1) is 5.92 Å². The summed E-state index contributed by atoms with van der Waals surface area (Å²) >= 11 is 0. The van der Waals surface area contributed by atoms with Gasteiger partial charge < -0.3 is 10.4 Å². The van der Waals surface area contributed by atoms with Crippen molar-refractivity contribution in [3.63, 3.8) is 0 Å². The molecule has 0 saturated heterocycles. The van der Waals surface area contributed by atoms with Crippen LogP contribution in [0.1, 0.15) is 26.2 Å². The maximum atomic E-state index is 12.5. The molecule has 0 bridgehead atoms. The van der Waals surface area contributed by atoms with E-state index in [1.54, 1.807) is 0 Å². The molecule has 1 rings (SSSR count). The van der Waals surface area contributed by atoms with Crippen LogP contribution in [0.3, 0.4) is 0 Å². The van der Waals surface area contributed by atoms with Gasteiger partial charge in [0.25, 0.3) is 0 Å². The molecule has 1 heterocycles. The van der Waals surface area contributed by atoms with Crippen molar-refractivity contribution in [2.24, 2.45) is 5.92 Å². The fourth-order valence-electron chi connectivity index (χ4n) is 1.39. The lowest BCUT2D eigenvalue weighted by molar-refractivity contribution is 0.0661. The third kappa shape index (κ3) is 3.24. The number of alkyl halides is 2. The Balaban J connectivity index is 2.56. The standard InChI is InChI=1S/C10H17F2N3O/c1-7(2)8(6-16)14-5-9-13-3-4-15(9)10(11)12/h3-4,7-8,10,14,16H,5-6H2,1-2H3/t8-/m1/s1. The van der Waals surface area contributed by atoms with Crippen LogP contribution in [-0.2, 0) is 6.54 Å². The van der Waals surface area contributed by atoms with Crippen LogP contribution in [0.25, 0.3) is 0 Å². The highest BCUT2D eigenvalue weighted by atomic mass is 19.3. The summed E-state index contributed by atoms with van der Waals surface area (Å²) in [6.07, 6.45) is 2.58. The number of aliphatic hydroxyl groups is 1. The Morgan fingerprint density at radius 2 is 2.19 bits per heavy atom. The molecular weight excluding hydrogens is 216 g/mol. The van der Waals surface area contributed by atoms with Crippen LogP contribution < -0.4 is 5.32 Å². The average Bonchev–Trinajstić information content (AvgIpc) is 2.66. The molecule has 4 nitrogen and oxygen atoms in total. The summed E-state index contributed by atoms with van der Waals surface area (Å²) in [5.41, 5.74) is 0. The van der Waals surface area contributed by atoms with Gasteiger partial charge in [0.2, 0.25) is 0 Å². The van der Waals surface area contributed by atoms with Crippen LogP contribution in [0.4, 0.5) is 8.78 Å². The first-order valence-corrected chi connectivity index (χ1v) is 5.20. The van der Waals surface area contributed by atoms with Crippen molar-refractivity contribution in [1.82, 2.24) is 14.9 Å². The van der Waals surface area contributed by atoms with E-state index in [2.05, 4.69) is 10.3 Å². The molecule has 0 aliphatic rings. The monoisotopic (exact) mass is 233 g/mol. The molecule has 0 fully saturated rings. The maximum Gasteiger partial charge on any atom is 0.319 e. The molecule has 2 N–H and O–H groups in total. The molecule has 1 aromatic heterocycles. The Kier molecular flexibility index (Phi) is 4.82. The Hall–Kier alpha value is -1.01. The summed E-state index contributed by atoms with van der Waals surface area (Å²) in [4.78, 5) is 3.84. The number of aliphatic hydroxyl groups excluding tert-OH is 1. The van der Waals surface area contributed by atoms with E-state index in [0.29, 0.717) is 0 Å². The van der Waals surface area contributed by atoms with E-state index in [1.807, 2.05) is 13.8 Å². The number of nitrogens with zero attached hydrogens (tertiary/aromatic N) is 2. The second-order valence-electron chi connectivity index (χ2n) is 3.94. The highest BCUT2D eigenvalue weighted by molar-refractivity contribution is 4.93. The zero-order valence-corrected chi connectivity index (χ0v) is 9.40. The minimum atomic E-state index is -2.58. The first-order valence-electron chi connectivity index (χ1n) is 5.20. The van der Waals surface area contributed by atoms with Gasteiger partial charge >= 0.3 is 6.55 Å². The van der Waals surface area contributed by atoms with Gasteiger partial charge in [0.1, 0.15) is 5.82 Å². The summed E-state index contributed by atoms with van der Waals surface area (Å²) < 4.78 is 25.8. The Morgan fingerprint density at radius 3 is 2.69 bits per heavy atom. The van der Waals surface area contributed by atoms with Crippen LogP contribution in [0.2, 0.25) is 0 Å². The Bertz CT molecular complexity index is 315. The summed E-state index contributed by atoms with van der Waals surface area (Å²) in [6, 6.07) is -0.108. The topological polar surface area (TPSA) is 50.1 Å². The molecule has 0 aliphatic heterocycles. The van der Waals surface area contributed by atoms with Crippen LogP contribution >= 0.6 is 0 Å². The average molecular weight is 233 g/mol. The quantitative estimate of drug-likeness (QED) is 0.780. The summed E-state index contributed by atoms with van der Waals surface area (Å²) in [6.45, 7) is 1.53. The first-order chi connectivity index (χ1) is 7.56. The minimum absolute atomic E-state index is 0.0208. The van der Waals surface area contributed by atoms with E-state index in [1.165, 1.54) is 12.4 Å². The number of rotatable bonds is 6. The van der Waals surface area contributed by atoms with E-state index >= 15 is 0 Å². The second kappa shape index (κ2) is 5.91. The van der Waals surface area contributed by atoms with Crippen molar-refractivity contribution in [3.8, 4) is 0 Å². The first kappa shape index (κ1) is 13.1. The molecule has 0 spiro atoms. The molecular formula is C10H17F2N3O. The van der Waals surface area contributed by atoms with Crippen LogP contribution in [0.5, 0.6) is 0 Å². The predicted molar refractivity (Wildman–Crippen MR) is 56.0 cm³/mol. The number of hydrogen-bond donors (Lipinski definition) is 2. The van der Waals surface area contributed by atoms with E-state index in [4.69, 9.17) is 5.11 Å². The summed E-state index contributed by atoms with van der Waals surface area (Å²) in [5.74, 6) is 0.508. The Labute approximate surface area is 93.3 Å². The highest BCUT2D eigenvalue weighted by Gasteiger charge is 2.15. The highest BCUT2D eigenvalue weighted by Crippen LogP contribution is 2.12. The van der Waals surface area contributed by atoms with E-state index < -0.39 is 6.55 Å². The van der Waals surface area contributed by atoms with Gasteiger partial charge in [0.05, 0.1) is 13.2 Å². The molecule has 1 aromatic rings. The van der Waals surface area contributed by atoms with E-state index in [-0.39, 0.29) is 30.9 Å². The van der Waals surface area contributed by atoms with E-state index in [0.717, 1.165) is 4.57 Å². The molecule has 6 heteroatoms. The van der Waals surface area contributed by atoms with Gasteiger partial charge in [-0.1, -0.05) is 13.8 Å². The van der Waals surface area contributed by atoms with E-state index in [9.17, 15) is 8.78 Å². The number of hydrogen-bond acceptors (Lipinski definition) is 3. The molecule has 1 atom stereocenters. The number of imidazole rings is 1. The third-order valence-electron chi connectivity index (χ3n) is 2.48. The number of aromatic nitrogens is 2. The number of halogens is 2. The predicted octanol–water partition coefficient (Wildman–Crippen LogP) is 1.38. The Morgan fingerprint density at radius 1 is 1.50 bits per heavy atom. The largest absolute Gasteiger partial charge is 0.395 e. The van der Waals surface area contributed by atoms with Crippen LogP contribution in [0.15, 0.2) is 12.4 Å². The summed E-state index contributed by atoms with van der Waals surface area (Å²) in [5, 5.41) is 12.1. The molecule has 0 saturated carbocycles. The van der Waals surface area contributed by atoms with Gasteiger partial charge in [-0.15, -0.1) is 0 Å². The van der Waals surface area contributed by atoms with Gasteiger partial charge in [0.15, 0.2) is 0 Å². The van der Waals surface area contributed by atoms with Crippen molar-refractivity contribution < 1.29 is 13.9 Å². The summed E-state index contributed by atoms with van der Waals surface area (Å²) in [7, 11) is 0. The fourth-order valence-corrected chi connectivity index (χ4v) is 1.39. The van der Waals surface area contributed by atoms with Crippen molar-refractivity contribution in [1.29, 1.82) is 0 Å². The van der Waals surface area contributed by atoms with Crippen molar-refractivity contribution in [2.75, 3.05) is 6.61 Å². The van der Waals surface area contributed by atoms with Gasteiger partial charge in [0, 0.05) is 18.4 Å². The normalized spacial score (nSPS) is 13.7. The molecule has 92 valence electrons. The van der Waals surface area contributed by atoms with Gasteiger partial charge in [-0.05, 0) is 5.92 Å². The van der Waals surface area contributed by atoms with Crippen molar-refractivity contribution in [3.05, 3.63) is 18.2 Å². The molecule has 0 aromatic carbocycles. The SMILES string of the molecule is CC(C)[C@@H](CO)NCc1nccn1C(F)F. The lowest BCUT2D eigenvalue weighted by Gasteiger charge is -2.19. The zero-order valence-electron chi connectivity index (χ0n) is 9.40. The van der Waals surface area contributed by atoms with Crippen LogP contribution in [-0.4, -0.2) is 27.3 Å². The second-order valence-corrected chi connectivity index (χ2v) is 3.94. The molecule has 0 unspecified atom stereocenters. The van der Waals surface area contributed by atoms with Gasteiger partial charge in [-0.3, -0.25) is 4.57 Å². The number of nitrogens with one attached hydrogen (secondary N) is 1.